The van der Waals surface area contributed by atoms with Gasteiger partial charge in [-0.3, -0.25) is 14.9 Å². The highest BCUT2D eigenvalue weighted by atomic mass is 16.6. The van der Waals surface area contributed by atoms with Gasteiger partial charge in [0, 0.05) is 6.07 Å². The van der Waals surface area contributed by atoms with Gasteiger partial charge in [0.2, 0.25) is 0 Å². The summed E-state index contributed by atoms with van der Waals surface area (Å²) in [5.41, 5.74) is 1.35. The van der Waals surface area contributed by atoms with E-state index in [4.69, 9.17) is 4.74 Å². The molecule has 0 saturated carbocycles. The lowest BCUT2D eigenvalue weighted by Gasteiger charge is -2.15. The molecule has 1 heterocycles. The number of benzene rings is 2. The number of hydrogen-bond acceptors (Lipinski definition) is 6. The molecule has 1 unspecified atom stereocenters. The number of nitro benzene ring substituents is 1. The van der Waals surface area contributed by atoms with Crippen LogP contribution in [0.2, 0.25) is 0 Å². The third-order valence-electron chi connectivity index (χ3n) is 4.07. The number of nitrogens with zero attached hydrogens (tertiary/aromatic N) is 4. The molecule has 0 spiro atoms. The molecule has 3 rings (SSSR count). The van der Waals surface area contributed by atoms with Gasteiger partial charge in [-0.15, -0.1) is 0 Å². The molecule has 27 heavy (non-hydrogen) atoms. The second-order valence-corrected chi connectivity index (χ2v) is 5.77. The van der Waals surface area contributed by atoms with E-state index in [-0.39, 0.29) is 17.3 Å². The number of ether oxygens (including phenoxy) is 1. The van der Waals surface area contributed by atoms with E-state index >= 15 is 0 Å². The largest absolute Gasteiger partial charge is 0.497 e. The van der Waals surface area contributed by atoms with Gasteiger partial charge in [0.1, 0.15) is 24.0 Å². The number of aromatic nitrogens is 3. The molecule has 138 valence electrons. The maximum absolute atomic E-state index is 12.6. The average molecular weight is 367 g/mol. The maximum atomic E-state index is 12.6. The fourth-order valence-electron chi connectivity index (χ4n) is 2.60. The lowest BCUT2D eigenvalue weighted by atomic mass is 10.1. The van der Waals surface area contributed by atoms with Crippen LogP contribution in [0.25, 0.3) is 5.69 Å². The van der Waals surface area contributed by atoms with Crippen LogP contribution in [0.1, 0.15) is 28.9 Å². The van der Waals surface area contributed by atoms with Crippen molar-refractivity contribution in [3.63, 3.8) is 0 Å². The van der Waals surface area contributed by atoms with E-state index in [0.29, 0.717) is 5.75 Å². The average Bonchev–Trinajstić information content (AvgIpc) is 3.22. The van der Waals surface area contributed by atoms with Gasteiger partial charge in [-0.2, -0.15) is 5.10 Å². The van der Waals surface area contributed by atoms with Crippen molar-refractivity contribution in [3.8, 4) is 11.4 Å². The predicted molar refractivity (Wildman–Crippen MR) is 96.9 cm³/mol. The quantitative estimate of drug-likeness (QED) is 0.529. The molecule has 1 atom stereocenters. The molecule has 0 radical (unpaired) electrons. The molecule has 0 bridgehead atoms. The van der Waals surface area contributed by atoms with E-state index in [0.717, 1.165) is 11.3 Å². The first kappa shape index (κ1) is 18.1. The summed E-state index contributed by atoms with van der Waals surface area (Å²) in [5, 5.41) is 18.0. The van der Waals surface area contributed by atoms with Crippen LogP contribution in [-0.2, 0) is 0 Å². The van der Waals surface area contributed by atoms with Gasteiger partial charge in [0.15, 0.2) is 0 Å². The molecule has 0 fully saturated rings. The lowest BCUT2D eigenvalue weighted by molar-refractivity contribution is -0.385. The highest BCUT2D eigenvalue weighted by molar-refractivity contribution is 5.98. The van der Waals surface area contributed by atoms with Crippen LogP contribution in [0.15, 0.2) is 55.1 Å². The predicted octanol–water partition coefficient (Wildman–Crippen LogP) is 2.68. The summed E-state index contributed by atoms with van der Waals surface area (Å²) < 4.78 is 6.68. The first-order valence-electron chi connectivity index (χ1n) is 8.08. The molecule has 1 amide bonds. The highest BCUT2D eigenvalue weighted by Crippen LogP contribution is 2.25. The van der Waals surface area contributed by atoms with E-state index < -0.39 is 10.8 Å². The normalized spacial score (nSPS) is 11.6. The second-order valence-electron chi connectivity index (χ2n) is 5.77. The van der Waals surface area contributed by atoms with Crippen molar-refractivity contribution < 1.29 is 14.5 Å². The molecular formula is C18H17N5O4. The van der Waals surface area contributed by atoms with Crippen molar-refractivity contribution in [3.05, 3.63) is 76.4 Å². The van der Waals surface area contributed by atoms with Crippen molar-refractivity contribution in [1.29, 1.82) is 0 Å². The van der Waals surface area contributed by atoms with Crippen LogP contribution in [0.5, 0.6) is 5.75 Å². The summed E-state index contributed by atoms with van der Waals surface area (Å²) in [6, 6.07) is 11.1. The summed E-state index contributed by atoms with van der Waals surface area (Å²) in [6.45, 7) is 1.80. The van der Waals surface area contributed by atoms with Gasteiger partial charge in [-0.25, -0.2) is 9.67 Å². The van der Waals surface area contributed by atoms with Crippen molar-refractivity contribution in [2.75, 3.05) is 7.11 Å². The Morgan fingerprint density at radius 1 is 1.26 bits per heavy atom. The molecule has 9 nitrogen and oxygen atoms in total. The van der Waals surface area contributed by atoms with E-state index in [9.17, 15) is 14.9 Å². The summed E-state index contributed by atoms with van der Waals surface area (Å²) >= 11 is 0. The van der Waals surface area contributed by atoms with E-state index in [1.54, 1.807) is 17.9 Å². The monoisotopic (exact) mass is 367 g/mol. The number of carbonyl (C=O) groups is 1. The topological polar surface area (TPSA) is 112 Å². The fraction of sp³-hybridized carbons (Fsp3) is 0.167. The third-order valence-corrected chi connectivity index (χ3v) is 4.07. The molecule has 9 heteroatoms. The number of methoxy groups -OCH3 is 1. The van der Waals surface area contributed by atoms with Gasteiger partial charge in [0.25, 0.3) is 11.6 Å². The van der Waals surface area contributed by atoms with Crippen LogP contribution in [0.4, 0.5) is 5.69 Å². The Bertz CT molecular complexity index is 954. The molecule has 3 aromatic rings. The number of carbonyl (C=O) groups excluding carboxylic acids is 1. The minimum atomic E-state index is -0.591. The van der Waals surface area contributed by atoms with Gasteiger partial charge in [0.05, 0.1) is 23.8 Å². The van der Waals surface area contributed by atoms with Crippen molar-refractivity contribution in [1.82, 2.24) is 20.1 Å². The Morgan fingerprint density at radius 3 is 2.59 bits per heavy atom. The smallest absolute Gasteiger partial charge is 0.282 e. The Balaban J connectivity index is 1.78. The minimum Gasteiger partial charge on any atom is -0.497 e. The third kappa shape index (κ3) is 3.92. The SMILES string of the molecule is COc1ccc([N+](=O)[O-])c(C(=O)NC(C)c2ccc(-n3cncn3)cc2)c1. The van der Waals surface area contributed by atoms with Crippen LogP contribution >= 0.6 is 0 Å². The Hall–Kier alpha value is -3.75. The fourth-order valence-corrected chi connectivity index (χ4v) is 2.60. The van der Waals surface area contributed by atoms with Crippen LogP contribution < -0.4 is 10.1 Å². The minimum absolute atomic E-state index is 0.0505. The van der Waals surface area contributed by atoms with Gasteiger partial charge < -0.3 is 10.1 Å². The molecular weight excluding hydrogens is 350 g/mol. The summed E-state index contributed by atoms with van der Waals surface area (Å²) in [7, 11) is 1.43. The summed E-state index contributed by atoms with van der Waals surface area (Å²) in [6.07, 6.45) is 3.03. The molecule has 2 aromatic carbocycles. The lowest BCUT2D eigenvalue weighted by Crippen LogP contribution is -2.27. The molecule has 0 aliphatic carbocycles. The van der Waals surface area contributed by atoms with Gasteiger partial charge >= 0.3 is 0 Å². The molecule has 1 N–H and O–H groups in total. The first-order chi connectivity index (χ1) is 13.0. The number of amides is 1. The van der Waals surface area contributed by atoms with E-state index in [2.05, 4.69) is 15.4 Å². The second kappa shape index (κ2) is 7.65. The van der Waals surface area contributed by atoms with Crippen LogP contribution in [0.3, 0.4) is 0 Å². The summed E-state index contributed by atoms with van der Waals surface area (Å²) in [4.78, 5) is 27.1. The zero-order chi connectivity index (χ0) is 19.4. The Morgan fingerprint density at radius 2 is 2.00 bits per heavy atom. The van der Waals surface area contributed by atoms with Crippen LogP contribution in [0, 0.1) is 10.1 Å². The van der Waals surface area contributed by atoms with Crippen molar-refractivity contribution >= 4 is 11.6 Å². The van der Waals surface area contributed by atoms with E-state index in [1.807, 2.05) is 24.3 Å². The Kier molecular flexibility index (Phi) is 5.11. The highest BCUT2D eigenvalue weighted by Gasteiger charge is 2.22. The van der Waals surface area contributed by atoms with Gasteiger partial charge in [-0.05, 0) is 36.8 Å². The number of rotatable bonds is 6. The molecule has 1 aromatic heterocycles. The first-order valence-corrected chi connectivity index (χ1v) is 8.08. The van der Waals surface area contributed by atoms with Crippen molar-refractivity contribution in [2.45, 2.75) is 13.0 Å². The van der Waals surface area contributed by atoms with Crippen molar-refractivity contribution in [2.24, 2.45) is 0 Å². The van der Waals surface area contributed by atoms with E-state index in [1.165, 1.54) is 31.6 Å². The molecule has 0 aliphatic heterocycles. The zero-order valence-corrected chi connectivity index (χ0v) is 14.7. The molecule has 0 saturated heterocycles. The standard InChI is InChI=1S/C18H17N5O4/c1-12(13-3-5-14(6-4-13)22-11-19-10-20-22)21-18(24)16-9-15(27-2)7-8-17(16)23(25)26/h3-12H,1-2H3,(H,21,24). The maximum Gasteiger partial charge on any atom is 0.282 e. The summed E-state index contributed by atoms with van der Waals surface area (Å²) in [5.74, 6) is -0.177. The van der Waals surface area contributed by atoms with Gasteiger partial charge in [-0.1, -0.05) is 12.1 Å². The number of hydrogen-bond donors (Lipinski definition) is 1. The number of nitrogens with one attached hydrogen (secondary N) is 1. The zero-order valence-electron chi connectivity index (χ0n) is 14.7. The number of nitro groups is 1. The van der Waals surface area contributed by atoms with Crippen LogP contribution in [-0.4, -0.2) is 32.7 Å². The Labute approximate surface area is 154 Å². The molecule has 0 aliphatic rings.